The van der Waals surface area contributed by atoms with Crippen molar-refractivity contribution in [3.05, 3.63) is 34.0 Å². The predicted molar refractivity (Wildman–Crippen MR) is 75.2 cm³/mol. The highest BCUT2D eigenvalue weighted by atomic mass is 35.5. The quantitative estimate of drug-likeness (QED) is 0.894. The molecule has 0 aliphatic heterocycles. The molecule has 1 fully saturated rings. The summed E-state index contributed by atoms with van der Waals surface area (Å²) in [5, 5.41) is 5.43. The first-order valence-corrected chi connectivity index (χ1v) is 7.01. The van der Waals surface area contributed by atoms with Crippen LogP contribution in [0, 0.1) is 6.92 Å². The van der Waals surface area contributed by atoms with Crippen molar-refractivity contribution in [2.75, 3.05) is 0 Å². The molecule has 1 N–H and O–H groups in total. The van der Waals surface area contributed by atoms with E-state index in [9.17, 15) is 0 Å². The summed E-state index contributed by atoms with van der Waals surface area (Å²) in [6, 6.07) is 4.68. The lowest BCUT2D eigenvalue weighted by Crippen LogP contribution is -2.15. The van der Waals surface area contributed by atoms with Crippen LogP contribution in [0.3, 0.4) is 0 Å². The van der Waals surface area contributed by atoms with Crippen molar-refractivity contribution in [3.8, 4) is 0 Å². The maximum atomic E-state index is 6.23. The van der Waals surface area contributed by atoms with E-state index in [2.05, 4.69) is 25.2 Å². The average molecular weight is 264 g/mol. The van der Waals surface area contributed by atoms with E-state index in [0.717, 1.165) is 24.3 Å². The molecule has 1 aromatic carbocycles. The Morgan fingerprint density at radius 2 is 2.17 bits per heavy atom. The minimum atomic E-state index is 0.694. The molecule has 0 atom stereocenters. The Balaban J connectivity index is 2.06. The van der Waals surface area contributed by atoms with Gasteiger partial charge in [0, 0.05) is 17.0 Å². The summed E-state index contributed by atoms with van der Waals surface area (Å²) in [6.45, 7) is 5.11. The number of hydrogen-bond donors (Lipinski definition) is 1. The lowest BCUT2D eigenvalue weighted by molar-refractivity contribution is 0.507. The number of hydrogen-bond acceptors (Lipinski definition) is 2. The Morgan fingerprint density at radius 1 is 1.39 bits per heavy atom. The second kappa shape index (κ2) is 4.60. The van der Waals surface area contributed by atoms with Crippen LogP contribution in [0.15, 0.2) is 16.5 Å². The molecule has 18 heavy (non-hydrogen) atoms. The lowest BCUT2D eigenvalue weighted by atomic mass is 10.0. The first-order valence-electron chi connectivity index (χ1n) is 6.63. The zero-order chi connectivity index (χ0) is 12.7. The van der Waals surface area contributed by atoms with Crippen LogP contribution in [0.25, 0.3) is 11.0 Å². The summed E-state index contributed by atoms with van der Waals surface area (Å²) < 4.78 is 5.99. The Morgan fingerprint density at radius 3 is 2.83 bits per heavy atom. The maximum absolute atomic E-state index is 6.23. The molecule has 1 aromatic heterocycles. The fourth-order valence-electron chi connectivity index (χ4n) is 2.50. The van der Waals surface area contributed by atoms with Gasteiger partial charge in [-0.05, 0) is 37.8 Å². The summed E-state index contributed by atoms with van der Waals surface area (Å²) in [5.41, 5.74) is 3.40. The summed E-state index contributed by atoms with van der Waals surface area (Å²) >= 11 is 6.23. The molecule has 96 valence electrons. The highest BCUT2D eigenvalue weighted by molar-refractivity contribution is 6.35. The molecule has 1 saturated carbocycles. The number of aryl methyl sites for hydroxylation is 2. The molecule has 3 rings (SSSR count). The molecule has 3 heteroatoms. The van der Waals surface area contributed by atoms with E-state index in [1.54, 1.807) is 0 Å². The number of halogens is 1. The number of nitrogens with one attached hydrogen (secondary N) is 1. The van der Waals surface area contributed by atoms with Crippen LogP contribution in [0.5, 0.6) is 0 Å². The molecule has 0 unspecified atom stereocenters. The monoisotopic (exact) mass is 263 g/mol. The van der Waals surface area contributed by atoms with Crippen molar-refractivity contribution in [2.24, 2.45) is 0 Å². The SMILES string of the molecule is CCc1c(CNC2CC2)oc2c(Cl)ccc(C)c12. The van der Waals surface area contributed by atoms with Crippen LogP contribution in [-0.4, -0.2) is 6.04 Å². The summed E-state index contributed by atoms with van der Waals surface area (Å²) in [5.74, 6) is 1.05. The van der Waals surface area contributed by atoms with Gasteiger partial charge in [-0.25, -0.2) is 0 Å². The van der Waals surface area contributed by atoms with Crippen LogP contribution in [0.2, 0.25) is 5.02 Å². The highest BCUT2D eigenvalue weighted by Gasteiger charge is 2.22. The number of benzene rings is 1. The molecule has 0 saturated heterocycles. The zero-order valence-electron chi connectivity index (χ0n) is 10.8. The van der Waals surface area contributed by atoms with Gasteiger partial charge in [0.05, 0.1) is 11.6 Å². The molecule has 0 bridgehead atoms. The van der Waals surface area contributed by atoms with Crippen LogP contribution in [0.4, 0.5) is 0 Å². The Bertz CT molecular complexity index is 584. The average Bonchev–Trinajstić information content (AvgIpc) is 3.11. The minimum Gasteiger partial charge on any atom is -0.458 e. The number of furan rings is 1. The summed E-state index contributed by atoms with van der Waals surface area (Å²) in [4.78, 5) is 0. The molecular formula is C15H18ClNO. The van der Waals surface area contributed by atoms with E-state index < -0.39 is 0 Å². The topological polar surface area (TPSA) is 25.2 Å². The third-order valence-electron chi connectivity index (χ3n) is 3.66. The van der Waals surface area contributed by atoms with E-state index in [0.29, 0.717) is 11.1 Å². The largest absolute Gasteiger partial charge is 0.458 e. The van der Waals surface area contributed by atoms with Gasteiger partial charge in [0.1, 0.15) is 5.76 Å². The van der Waals surface area contributed by atoms with Gasteiger partial charge in [0.2, 0.25) is 0 Å². The van der Waals surface area contributed by atoms with Crippen molar-refractivity contribution < 1.29 is 4.42 Å². The van der Waals surface area contributed by atoms with Gasteiger partial charge in [-0.2, -0.15) is 0 Å². The van der Waals surface area contributed by atoms with Crippen LogP contribution in [0.1, 0.15) is 36.7 Å². The molecule has 1 aliphatic carbocycles. The maximum Gasteiger partial charge on any atom is 0.153 e. The third-order valence-corrected chi connectivity index (χ3v) is 3.96. The van der Waals surface area contributed by atoms with Crippen molar-refractivity contribution in [1.29, 1.82) is 0 Å². The molecule has 0 amide bonds. The van der Waals surface area contributed by atoms with Crippen LogP contribution < -0.4 is 5.32 Å². The third kappa shape index (κ3) is 2.04. The molecule has 2 aromatic rings. The standard InChI is InChI=1S/C15H18ClNO/c1-3-11-13(8-17-10-5-6-10)18-15-12(16)7-4-9(2)14(11)15/h4,7,10,17H,3,5-6,8H2,1-2H3. The number of rotatable bonds is 4. The van der Waals surface area contributed by atoms with Gasteiger partial charge in [-0.1, -0.05) is 24.6 Å². The van der Waals surface area contributed by atoms with Crippen LogP contribution >= 0.6 is 11.6 Å². The fourth-order valence-corrected chi connectivity index (χ4v) is 2.69. The van der Waals surface area contributed by atoms with Gasteiger partial charge >= 0.3 is 0 Å². The Labute approximate surface area is 112 Å². The number of fused-ring (bicyclic) bond motifs is 1. The van der Waals surface area contributed by atoms with E-state index in [1.165, 1.54) is 29.4 Å². The first-order chi connectivity index (χ1) is 8.70. The van der Waals surface area contributed by atoms with E-state index in [1.807, 2.05) is 6.07 Å². The first kappa shape index (κ1) is 12.1. The van der Waals surface area contributed by atoms with Crippen molar-refractivity contribution >= 4 is 22.6 Å². The molecular weight excluding hydrogens is 246 g/mol. The van der Waals surface area contributed by atoms with Gasteiger partial charge in [-0.15, -0.1) is 0 Å². The molecule has 2 nitrogen and oxygen atoms in total. The van der Waals surface area contributed by atoms with Crippen LogP contribution in [-0.2, 0) is 13.0 Å². The minimum absolute atomic E-state index is 0.694. The predicted octanol–water partition coefficient (Wildman–Crippen LogP) is 4.21. The molecule has 1 aliphatic rings. The van der Waals surface area contributed by atoms with Crippen molar-refractivity contribution in [3.63, 3.8) is 0 Å². The second-order valence-electron chi connectivity index (χ2n) is 5.08. The van der Waals surface area contributed by atoms with Gasteiger partial charge in [0.15, 0.2) is 5.58 Å². The van der Waals surface area contributed by atoms with Crippen molar-refractivity contribution in [2.45, 2.75) is 45.7 Å². The van der Waals surface area contributed by atoms with E-state index in [4.69, 9.17) is 16.0 Å². The lowest BCUT2D eigenvalue weighted by Gasteiger charge is -2.02. The summed E-state index contributed by atoms with van der Waals surface area (Å²) in [6.07, 6.45) is 3.57. The highest BCUT2D eigenvalue weighted by Crippen LogP contribution is 2.34. The normalized spacial score (nSPS) is 15.5. The summed E-state index contributed by atoms with van der Waals surface area (Å²) in [7, 11) is 0. The van der Waals surface area contributed by atoms with E-state index >= 15 is 0 Å². The van der Waals surface area contributed by atoms with Gasteiger partial charge in [0.25, 0.3) is 0 Å². The zero-order valence-corrected chi connectivity index (χ0v) is 11.6. The molecule has 0 radical (unpaired) electrons. The van der Waals surface area contributed by atoms with Gasteiger partial charge < -0.3 is 9.73 Å². The molecule has 1 heterocycles. The Hall–Kier alpha value is -0.990. The van der Waals surface area contributed by atoms with E-state index in [-0.39, 0.29) is 0 Å². The fraction of sp³-hybridized carbons (Fsp3) is 0.467. The smallest absolute Gasteiger partial charge is 0.153 e. The molecule has 0 spiro atoms. The second-order valence-corrected chi connectivity index (χ2v) is 5.49. The van der Waals surface area contributed by atoms with Gasteiger partial charge in [-0.3, -0.25) is 0 Å². The van der Waals surface area contributed by atoms with Crippen molar-refractivity contribution in [1.82, 2.24) is 5.32 Å². The Kier molecular flexibility index (Phi) is 3.08.